The van der Waals surface area contributed by atoms with Crippen LogP contribution in [0.2, 0.25) is 0 Å². The van der Waals surface area contributed by atoms with Gasteiger partial charge in [-0.15, -0.1) is 10.3 Å². The molecule has 1 aliphatic rings. The van der Waals surface area contributed by atoms with Gasteiger partial charge in [0.2, 0.25) is 0 Å². The summed E-state index contributed by atoms with van der Waals surface area (Å²) in [5, 5.41) is 19.7. The fraction of sp³-hybridized carbons (Fsp3) is 1.00. The second kappa shape index (κ2) is 5.75. The number of hydrogen-bond acceptors (Lipinski definition) is 6. The van der Waals surface area contributed by atoms with Crippen LogP contribution in [0.1, 0.15) is 33.6 Å². The van der Waals surface area contributed by atoms with Gasteiger partial charge in [-0.25, -0.2) is 4.89 Å². The summed E-state index contributed by atoms with van der Waals surface area (Å²) < 4.78 is 22.9. The van der Waals surface area contributed by atoms with E-state index in [0.29, 0.717) is 5.06 Å². The van der Waals surface area contributed by atoms with E-state index in [-0.39, 0.29) is 26.1 Å². The van der Waals surface area contributed by atoms with Crippen LogP contribution in [0.4, 0.5) is 0 Å². The van der Waals surface area contributed by atoms with Crippen molar-refractivity contribution in [2.45, 2.75) is 45.1 Å². The Balaban J connectivity index is 2.97. The van der Waals surface area contributed by atoms with E-state index in [0.717, 1.165) is 0 Å². The van der Waals surface area contributed by atoms with Crippen molar-refractivity contribution in [3.63, 3.8) is 0 Å². The minimum Gasteiger partial charge on any atom is -0.308 e. The number of hydrogen-bond donors (Lipinski definition) is 1. The third kappa shape index (κ3) is 2.56. The molecule has 1 aliphatic heterocycles. The molecule has 1 rings (SSSR count). The molecule has 2 unspecified atom stereocenters. The van der Waals surface area contributed by atoms with Crippen LogP contribution >= 0.6 is 7.60 Å². The van der Waals surface area contributed by atoms with Crippen LogP contribution < -0.4 is 0 Å². The van der Waals surface area contributed by atoms with Gasteiger partial charge in [0.25, 0.3) is 0 Å². The van der Waals surface area contributed by atoms with Gasteiger partial charge < -0.3 is 9.05 Å². The van der Waals surface area contributed by atoms with Crippen LogP contribution in [0, 0.1) is 0 Å². The Morgan fingerprint density at radius 1 is 1.41 bits per heavy atom. The van der Waals surface area contributed by atoms with Crippen molar-refractivity contribution in [3.05, 3.63) is 0 Å². The van der Waals surface area contributed by atoms with Crippen LogP contribution in [0.25, 0.3) is 0 Å². The van der Waals surface area contributed by atoms with Gasteiger partial charge in [-0.05, 0) is 33.6 Å². The van der Waals surface area contributed by atoms with Gasteiger partial charge in [0.15, 0.2) is 11.5 Å². The summed E-state index contributed by atoms with van der Waals surface area (Å²) in [6, 6.07) is 0. The molecule has 0 bridgehead atoms. The monoisotopic (exact) mass is 268 g/mol. The van der Waals surface area contributed by atoms with E-state index in [1.54, 1.807) is 13.8 Å². The van der Waals surface area contributed by atoms with Crippen molar-refractivity contribution in [3.8, 4) is 0 Å². The SMILES string of the molecule is CCOP(=O)(OCC)C1(C)CCC(OO)N1[O]. The first-order chi connectivity index (χ1) is 7.95. The molecule has 101 valence electrons. The summed E-state index contributed by atoms with van der Waals surface area (Å²) in [7, 11) is -3.56. The minimum absolute atomic E-state index is 0.186. The van der Waals surface area contributed by atoms with Crippen molar-refractivity contribution >= 4 is 7.60 Å². The topological polar surface area (TPSA) is 88.1 Å². The van der Waals surface area contributed by atoms with Crippen molar-refractivity contribution < 1.29 is 29.0 Å². The first kappa shape index (κ1) is 15.0. The summed E-state index contributed by atoms with van der Waals surface area (Å²) >= 11 is 0. The Morgan fingerprint density at radius 3 is 2.29 bits per heavy atom. The average molecular weight is 268 g/mol. The summed E-state index contributed by atoms with van der Waals surface area (Å²) in [6.07, 6.45) is -0.464. The summed E-state index contributed by atoms with van der Waals surface area (Å²) in [6.45, 7) is 5.24. The third-order valence-corrected chi connectivity index (χ3v) is 5.71. The maximum absolute atomic E-state index is 12.6. The van der Waals surface area contributed by atoms with Crippen LogP contribution in [-0.2, 0) is 23.7 Å². The third-order valence-electron chi connectivity index (χ3n) is 2.91. The Labute approximate surface area is 101 Å². The predicted molar refractivity (Wildman–Crippen MR) is 58.5 cm³/mol. The first-order valence-corrected chi connectivity index (χ1v) is 7.15. The smallest absolute Gasteiger partial charge is 0.308 e. The molecule has 0 aromatic rings. The molecule has 17 heavy (non-hydrogen) atoms. The van der Waals surface area contributed by atoms with E-state index in [4.69, 9.17) is 14.3 Å². The second-order valence-electron chi connectivity index (χ2n) is 3.97. The molecule has 7 nitrogen and oxygen atoms in total. The molecule has 1 N–H and O–H groups in total. The molecule has 1 fully saturated rings. The lowest BCUT2D eigenvalue weighted by Crippen LogP contribution is -2.43. The first-order valence-electron chi connectivity index (χ1n) is 5.61. The van der Waals surface area contributed by atoms with Crippen molar-refractivity contribution in [1.82, 2.24) is 5.06 Å². The number of rotatable bonds is 6. The van der Waals surface area contributed by atoms with Crippen LogP contribution in [0.3, 0.4) is 0 Å². The standard InChI is InChI=1S/C9H19NO6P/c1-4-14-17(13,15-5-2)9(3)7-6-8(16-12)10(9)11/h8,12H,4-7H2,1-3H3. The molecular formula is C9H19NO6P. The van der Waals surface area contributed by atoms with E-state index in [2.05, 4.69) is 4.89 Å². The Hall–Kier alpha value is -0.0100. The van der Waals surface area contributed by atoms with E-state index in [1.165, 1.54) is 6.92 Å². The van der Waals surface area contributed by atoms with Crippen LogP contribution in [0.5, 0.6) is 0 Å². The Kier molecular flexibility index (Phi) is 5.09. The van der Waals surface area contributed by atoms with Gasteiger partial charge in [0, 0.05) is 0 Å². The fourth-order valence-electron chi connectivity index (χ4n) is 1.94. The molecule has 2 atom stereocenters. The number of nitrogens with zero attached hydrogens (tertiary/aromatic N) is 1. The Bertz CT molecular complexity index is 291. The molecule has 0 spiro atoms. The zero-order chi connectivity index (χ0) is 13.1. The van der Waals surface area contributed by atoms with E-state index in [9.17, 15) is 9.77 Å². The highest BCUT2D eigenvalue weighted by Gasteiger charge is 2.58. The lowest BCUT2D eigenvalue weighted by Gasteiger charge is -2.35. The van der Waals surface area contributed by atoms with Gasteiger partial charge >= 0.3 is 7.60 Å². The molecule has 1 radical (unpaired) electrons. The molecule has 0 saturated carbocycles. The van der Waals surface area contributed by atoms with Gasteiger partial charge in [0.1, 0.15) is 0 Å². The molecule has 0 aromatic carbocycles. The summed E-state index contributed by atoms with van der Waals surface area (Å²) in [5.74, 6) is 0. The summed E-state index contributed by atoms with van der Waals surface area (Å²) in [4.78, 5) is 4.05. The van der Waals surface area contributed by atoms with Crippen molar-refractivity contribution in [2.24, 2.45) is 0 Å². The molecule has 8 heteroatoms. The van der Waals surface area contributed by atoms with Crippen LogP contribution in [0.15, 0.2) is 0 Å². The zero-order valence-corrected chi connectivity index (χ0v) is 11.2. The highest BCUT2D eigenvalue weighted by atomic mass is 31.2. The maximum atomic E-state index is 12.6. The average Bonchev–Trinajstić information content (AvgIpc) is 2.58. The number of hydroxylamine groups is 2. The highest BCUT2D eigenvalue weighted by Crippen LogP contribution is 2.65. The normalized spacial score (nSPS) is 31.0. The Morgan fingerprint density at radius 2 is 1.94 bits per heavy atom. The zero-order valence-electron chi connectivity index (χ0n) is 10.3. The maximum Gasteiger partial charge on any atom is 0.352 e. The summed E-state index contributed by atoms with van der Waals surface area (Å²) in [5.41, 5.74) is 0. The lowest BCUT2D eigenvalue weighted by molar-refractivity contribution is -0.372. The van der Waals surface area contributed by atoms with Crippen molar-refractivity contribution in [1.29, 1.82) is 0 Å². The molecule has 1 saturated heterocycles. The van der Waals surface area contributed by atoms with E-state index >= 15 is 0 Å². The lowest BCUT2D eigenvalue weighted by atomic mass is 10.2. The predicted octanol–water partition coefficient (Wildman–Crippen LogP) is 2.23. The van der Waals surface area contributed by atoms with Gasteiger partial charge in [-0.3, -0.25) is 9.82 Å². The van der Waals surface area contributed by atoms with Gasteiger partial charge in [-0.1, -0.05) is 0 Å². The van der Waals surface area contributed by atoms with E-state index < -0.39 is 19.1 Å². The molecule has 0 aliphatic carbocycles. The van der Waals surface area contributed by atoms with E-state index in [1.807, 2.05) is 0 Å². The van der Waals surface area contributed by atoms with Crippen LogP contribution in [-0.4, -0.2) is 35.0 Å². The molecular weight excluding hydrogens is 249 g/mol. The largest absolute Gasteiger partial charge is 0.352 e. The molecule has 0 amide bonds. The minimum atomic E-state index is -3.56. The second-order valence-corrected chi connectivity index (χ2v) is 6.45. The van der Waals surface area contributed by atoms with Crippen molar-refractivity contribution in [2.75, 3.05) is 13.2 Å². The molecule has 0 aromatic heterocycles. The van der Waals surface area contributed by atoms with Gasteiger partial charge in [0.05, 0.1) is 13.2 Å². The quantitative estimate of drug-likeness (QED) is 0.451. The fourth-order valence-corrected chi connectivity index (χ4v) is 4.03. The highest BCUT2D eigenvalue weighted by molar-refractivity contribution is 7.55. The molecule has 1 heterocycles. The van der Waals surface area contributed by atoms with Gasteiger partial charge in [-0.2, -0.15) is 0 Å².